The van der Waals surface area contributed by atoms with Gasteiger partial charge in [-0.3, -0.25) is 4.79 Å². The van der Waals surface area contributed by atoms with Crippen molar-refractivity contribution in [2.24, 2.45) is 11.3 Å². The molecule has 0 N–H and O–H groups in total. The summed E-state index contributed by atoms with van der Waals surface area (Å²) in [5.74, 6) is 2.02. The van der Waals surface area contributed by atoms with Gasteiger partial charge >= 0.3 is 0 Å². The lowest BCUT2D eigenvalue weighted by molar-refractivity contribution is -0.134. The van der Waals surface area contributed by atoms with Crippen molar-refractivity contribution in [3.8, 4) is 11.6 Å². The van der Waals surface area contributed by atoms with Crippen LogP contribution in [0.5, 0.6) is 11.6 Å². The minimum Gasteiger partial charge on any atom is -0.439 e. The predicted octanol–water partition coefficient (Wildman–Crippen LogP) is 5.22. The van der Waals surface area contributed by atoms with E-state index in [1.54, 1.807) is 19.1 Å². The number of benzene rings is 1. The van der Waals surface area contributed by atoms with E-state index >= 15 is 0 Å². The molecule has 2 heterocycles. The molecule has 174 valence electrons. The average molecular weight is 443 g/mol. The number of anilines is 1. The number of hydrogen-bond acceptors (Lipinski definition) is 5. The number of piperazine rings is 1. The Morgan fingerprint density at radius 1 is 1.25 bits per heavy atom. The van der Waals surface area contributed by atoms with E-state index in [1.807, 2.05) is 4.90 Å². The standard InChI is InChI=1S/C25H35FN4O2/c1-17(14-25(4,5)6)11-24(31)30-10-9-29(15-19(30)3)22-13-23(28-16-27-22)32-21-8-7-20(26)12-18(21)2/h7-8,12-13,16-17,19H,9-11,14-15H2,1-6H3/t17-,19-/m1/s1. The monoisotopic (exact) mass is 442 g/mol. The Kier molecular flexibility index (Phi) is 7.36. The van der Waals surface area contributed by atoms with E-state index in [9.17, 15) is 9.18 Å². The van der Waals surface area contributed by atoms with Gasteiger partial charge in [0.15, 0.2) is 0 Å². The largest absolute Gasteiger partial charge is 0.439 e. The second-order valence-electron chi connectivity index (χ2n) is 10.2. The van der Waals surface area contributed by atoms with Crippen molar-refractivity contribution in [3.05, 3.63) is 42.0 Å². The number of nitrogens with zero attached hydrogens (tertiary/aromatic N) is 4. The lowest BCUT2D eigenvalue weighted by Crippen LogP contribution is -2.54. The molecule has 3 rings (SSSR count). The molecule has 1 aliphatic rings. The highest BCUT2D eigenvalue weighted by Gasteiger charge is 2.29. The molecular formula is C25H35FN4O2. The summed E-state index contributed by atoms with van der Waals surface area (Å²) in [5.41, 5.74) is 0.926. The minimum absolute atomic E-state index is 0.0942. The summed E-state index contributed by atoms with van der Waals surface area (Å²) in [6.45, 7) is 14.8. The third-order valence-electron chi connectivity index (χ3n) is 5.73. The van der Waals surface area contributed by atoms with Crippen LogP contribution in [0.25, 0.3) is 0 Å². The molecule has 0 saturated carbocycles. The summed E-state index contributed by atoms with van der Waals surface area (Å²) in [5, 5.41) is 0. The molecule has 1 saturated heterocycles. The fourth-order valence-corrected chi connectivity index (χ4v) is 4.47. The molecule has 7 heteroatoms. The molecule has 0 unspecified atom stereocenters. The first kappa shape index (κ1) is 24.0. The average Bonchev–Trinajstić information content (AvgIpc) is 2.68. The minimum atomic E-state index is -0.299. The maximum Gasteiger partial charge on any atom is 0.224 e. The summed E-state index contributed by atoms with van der Waals surface area (Å²) >= 11 is 0. The first-order valence-electron chi connectivity index (χ1n) is 11.3. The van der Waals surface area contributed by atoms with Crippen molar-refractivity contribution in [2.45, 2.75) is 60.4 Å². The summed E-state index contributed by atoms with van der Waals surface area (Å²) < 4.78 is 19.2. The molecular weight excluding hydrogens is 407 g/mol. The van der Waals surface area contributed by atoms with Crippen molar-refractivity contribution >= 4 is 11.7 Å². The number of aromatic nitrogens is 2. The quantitative estimate of drug-likeness (QED) is 0.614. The number of hydrogen-bond donors (Lipinski definition) is 0. The zero-order valence-electron chi connectivity index (χ0n) is 20.1. The lowest BCUT2D eigenvalue weighted by Gasteiger charge is -2.41. The van der Waals surface area contributed by atoms with Crippen molar-refractivity contribution in [2.75, 3.05) is 24.5 Å². The van der Waals surface area contributed by atoms with Gasteiger partial charge in [0.2, 0.25) is 11.8 Å². The SMILES string of the molecule is Cc1cc(F)ccc1Oc1cc(N2CCN(C(=O)C[C@@H](C)CC(C)(C)C)[C@H](C)C2)ncn1. The second-order valence-corrected chi connectivity index (χ2v) is 10.2. The molecule has 1 amide bonds. The summed E-state index contributed by atoms with van der Waals surface area (Å²) in [6.07, 6.45) is 3.09. The van der Waals surface area contributed by atoms with Crippen LogP contribution in [-0.4, -0.2) is 46.5 Å². The van der Waals surface area contributed by atoms with E-state index in [0.29, 0.717) is 49.2 Å². The van der Waals surface area contributed by atoms with Gasteiger partial charge in [-0.25, -0.2) is 14.4 Å². The number of halogens is 1. The number of carbonyl (C=O) groups is 1. The van der Waals surface area contributed by atoms with Gasteiger partial charge in [0.1, 0.15) is 23.7 Å². The first-order chi connectivity index (χ1) is 15.0. The Balaban J connectivity index is 1.61. The van der Waals surface area contributed by atoms with Gasteiger partial charge < -0.3 is 14.5 Å². The molecule has 2 aromatic rings. The van der Waals surface area contributed by atoms with Gasteiger partial charge in [0.25, 0.3) is 0 Å². The second kappa shape index (κ2) is 9.84. The number of aryl methyl sites for hydroxylation is 1. The number of rotatable bonds is 6. The highest BCUT2D eigenvalue weighted by Crippen LogP contribution is 2.28. The van der Waals surface area contributed by atoms with Crippen LogP contribution in [0.15, 0.2) is 30.6 Å². The highest BCUT2D eigenvalue weighted by atomic mass is 19.1. The van der Waals surface area contributed by atoms with Crippen LogP contribution in [-0.2, 0) is 4.79 Å². The zero-order valence-corrected chi connectivity index (χ0v) is 20.1. The first-order valence-corrected chi connectivity index (χ1v) is 11.3. The normalized spacial score (nSPS) is 17.9. The van der Waals surface area contributed by atoms with Crippen molar-refractivity contribution in [1.29, 1.82) is 0 Å². The molecule has 1 aromatic heterocycles. The molecule has 1 aliphatic heterocycles. The molecule has 6 nitrogen and oxygen atoms in total. The van der Waals surface area contributed by atoms with E-state index in [2.05, 4.69) is 49.5 Å². The number of amides is 1. The molecule has 0 radical (unpaired) electrons. The number of ether oxygens (including phenoxy) is 1. The Bertz CT molecular complexity index is 944. The van der Waals surface area contributed by atoms with Gasteiger partial charge in [-0.05, 0) is 55.4 Å². The van der Waals surface area contributed by atoms with Crippen molar-refractivity contribution in [1.82, 2.24) is 14.9 Å². The highest BCUT2D eigenvalue weighted by molar-refractivity contribution is 5.77. The van der Waals surface area contributed by atoms with Gasteiger partial charge in [-0.1, -0.05) is 27.7 Å². The van der Waals surface area contributed by atoms with Crippen LogP contribution in [0.3, 0.4) is 0 Å². The Morgan fingerprint density at radius 2 is 2.00 bits per heavy atom. The van der Waals surface area contributed by atoms with Crippen LogP contribution in [0.2, 0.25) is 0 Å². The molecule has 0 bridgehead atoms. The van der Waals surface area contributed by atoms with E-state index in [4.69, 9.17) is 4.74 Å². The molecule has 32 heavy (non-hydrogen) atoms. The third-order valence-corrected chi connectivity index (χ3v) is 5.73. The van der Waals surface area contributed by atoms with Gasteiger partial charge in [0.05, 0.1) is 0 Å². The van der Waals surface area contributed by atoms with E-state index in [1.165, 1.54) is 18.5 Å². The van der Waals surface area contributed by atoms with E-state index in [0.717, 1.165) is 12.2 Å². The van der Waals surface area contributed by atoms with Crippen molar-refractivity contribution < 1.29 is 13.9 Å². The maximum atomic E-state index is 13.3. The molecule has 2 atom stereocenters. The topological polar surface area (TPSA) is 58.6 Å². The van der Waals surface area contributed by atoms with Crippen LogP contribution < -0.4 is 9.64 Å². The molecule has 1 aromatic carbocycles. The van der Waals surface area contributed by atoms with E-state index < -0.39 is 0 Å². The summed E-state index contributed by atoms with van der Waals surface area (Å²) in [7, 11) is 0. The fourth-order valence-electron chi connectivity index (χ4n) is 4.47. The summed E-state index contributed by atoms with van der Waals surface area (Å²) in [6, 6.07) is 6.28. The molecule has 0 aliphatic carbocycles. The maximum absolute atomic E-state index is 13.3. The molecule has 1 fully saturated rings. The van der Waals surface area contributed by atoms with Gasteiger partial charge in [-0.2, -0.15) is 0 Å². The van der Waals surface area contributed by atoms with Crippen molar-refractivity contribution in [3.63, 3.8) is 0 Å². The third kappa shape index (κ3) is 6.40. The zero-order chi connectivity index (χ0) is 23.5. The van der Waals surface area contributed by atoms with Crippen LogP contribution >= 0.6 is 0 Å². The van der Waals surface area contributed by atoms with Gasteiger partial charge in [-0.15, -0.1) is 0 Å². The molecule has 0 spiro atoms. The number of carbonyl (C=O) groups excluding carboxylic acids is 1. The summed E-state index contributed by atoms with van der Waals surface area (Å²) in [4.78, 5) is 25.6. The van der Waals surface area contributed by atoms with Gasteiger partial charge in [0, 0.05) is 38.2 Å². The Morgan fingerprint density at radius 3 is 2.66 bits per heavy atom. The van der Waals surface area contributed by atoms with Crippen LogP contribution in [0, 0.1) is 24.1 Å². The Labute approximate surface area is 190 Å². The van der Waals surface area contributed by atoms with Crippen LogP contribution in [0.1, 0.15) is 53.0 Å². The predicted molar refractivity (Wildman–Crippen MR) is 124 cm³/mol. The van der Waals surface area contributed by atoms with Crippen LogP contribution in [0.4, 0.5) is 10.2 Å². The Hall–Kier alpha value is -2.70. The fraction of sp³-hybridized carbons (Fsp3) is 0.560. The lowest BCUT2D eigenvalue weighted by atomic mass is 9.84. The smallest absolute Gasteiger partial charge is 0.224 e. The van der Waals surface area contributed by atoms with E-state index in [-0.39, 0.29) is 23.2 Å².